The van der Waals surface area contributed by atoms with Crippen LogP contribution in [0.4, 0.5) is 10.1 Å². The van der Waals surface area contributed by atoms with E-state index < -0.39 is 5.82 Å². The maximum absolute atomic E-state index is 13.1. The highest BCUT2D eigenvalue weighted by Crippen LogP contribution is 2.28. The minimum atomic E-state index is -0.676. The number of thiocarbonyl (C=S) groups is 1. The van der Waals surface area contributed by atoms with Gasteiger partial charge in [0.2, 0.25) is 0 Å². The lowest BCUT2D eigenvalue weighted by atomic mass is 10.3. The van der Waals surface area contributed by atoms with E-state index in [0.29, 0.717) is 0 Å². The molecule has 0 radical (unpaired) electrons. The number of aromatic hydroxyl groups is 1. The Morgan fingerprint density at radius 2 is 2.21 bits per heavy atom. The van der Waals surface area contributed by atoms with Crippen LogP contribution in [-0.4, -0.2) is 10.2 Å². The molecule has 0 saturated carbocycles. The zero-order valence-electron chi connectivity index (χ0n) is 6.84. The van der Waals surface area contributed by atoms with Crippen LogP contribution in [0.5, 0.6) is 5.75 Å². The molecule has 0 saturated heterocycles. The van der Waals surface area contributed by atoms with E-state index in [-0.39, 0.29) is 21.6 Å². The summed E-state index contributed by atoms with van der Waals surface area (Å²) in [5.74, 6) is 3.97. The number of nitrogens with two attached hydrogens (primary N) is 1. The third kappa shape index (κ3) is 2.44. The summed E-state index contributed by atoms with van der Waals surface area (Å²) < 4.78 is 13.1. The summed E-state index contributed by atoms with van der Waals surface area (Å²) in [6.07, 6.45) is 0. The second-order valence-electron chi connectivity index (χ2n) is 2.38. The fraction of sp³-hybridized carbons (Fsp3) is 0. The van der Waals surface area contributed by atoms with E-state index in [9.17, 15) is 4.39 Å². The van der Waals surface area contributed by atoms with Crippen LogP contribution in [0.25, 0.3) is 0 Å². The molecule has 14 heavy (non-hydrogen) atoms. The van der Waals surface area contributed by atoms with Crippen molar-refractivity contribution in [3.05, 3.63) is 23.0 Å². The number of phenolic OH excluding ortho intramolecular Hbond substituents is 1. The van der Waals surface area contributed by atoms with Gasteiger partial charge in [0.15, 0.2) is 5.11 Å². The Hall–Kier alpha value is -1.11. The Balaban J connectivity index is 2.98. The molecule has 0 aromatic heterocycles. The van der Waals surface area contributed by atoms with E-state index >= 15 is 0 Å². The Labute approximate surface area is 89.8 Å². The van der Waals surface area contributed by atoms with Crippen molar-refractivity contribution in [2.75, 3.05) is 5.32 Å². The van der Waals surface area contributed by atoms with Crippen molar-refractivity contribution < 1.29 is 9.50 Å². The number of benzene rings is 1. The predicted octanol–water partition coefficient (Wildman–Crippen LogP) is 1.34. The van der Waals surface area contributed by atoms with E-state index in [1.54, 1.807) is 0 Å². The molecule has 0 fully saturated rings. The van der Waals surface area contributed by atoms with Gasteiger partial charge in [-0.05, 0) is 18.3 Å². The molecule has 0 atom stereocenters. The lowest BCUT2D eigenvalue weighted by molar-refractivity contribution is 0.470. The van der Waals surface area contributed by atoms with Gasteiger partial charge >= 0.3 is 0 Å². The van der Waals surface area contributed by atoms with E-state index in [1.807, 2.05) is 0 Å². The molecule has 0 heterocycles. The fourth-order valence-corrected chi connectivity index (χ4v) is 1.06. The molecule has 1 rings (SSSR count). The van der Waals surface area contributed by atoms with Crippen molar-refractivity contribution in [1.82, 2.24) is 5.43 Å². The maximum Gasteiger partial charge on any atom is 0.185 e. The minimum absolute atomic E-state index is 0.0220. The topological polar surface area (TPSA) is 70.3 Å². The molecule has 7 heteroatoms. The largest absolute Gasteiger partial charge is 0.506 e. The molecule has 5 N–H and O–H groups in total. The molecule has 1 aromatic rings. The average molecular weight is 236 g/mol. The van der Waals surface area contributed by atoms with Crippen LogP contribution >= 0.6 is 23.8 Å². The SMILES string of the molecule is NNC(=S)Nc1cc(Cl)c(O)cc1F. The van der Waals surface area contributed by atoms with Crippen LogP contribution in [0.15, 0.2) is 12.1 Å². The van der Waals surface area contributed by atoms with Crippen LogP contribution in [0.3, 0.4) is 0 Å². The summed E-state index contributed by atoms with van der Waals surface area (Å²) in [7, 11) is 0. The zero-order valence-corrected chi connectivity index (χ0v) is 8.42. The number of phenols is 1. The molecule has 1 aromatic carbocycles. The monoisotopic (exact) mass is 235 g/mol. The number of nitrogens with one attached hydrogen (secondary N) is 2. The summed E-state index contributed by atoms with van der Waals surface area (Å²) in [6, 6.07) is 2.08. The third-order valence-corrected chi connectivity index (χ3v) is 1.94. The molecule has 0 amide bonds. The zero-order chi connectivity index (χ0) is 10.7. The second kappa shape index (κ2) is 4.41. The van der Waals surface area contributed by atoms with Gasteiger partial charge in [0.1, 0.15) is 11.6 Å². The van der Waals surface area contributed by atoms with Gasteiger partial charge in [-0.25, -0.2) is 10.2 Å². The molecule has 0 unspecified atom stereocenters. The number of hydrogen-bond acceptors (Lipinski definition) is 3. The van der Waals surface area contributed by atoms with Crippen molar-refractivity contribution >= 4 is 34.6 Å². The van der Waals surface area contributed by atoms with Gasteiger partial charge < -0.3 is 15.8 Å². The third-order valence-electron chi connectivity index (χ3n) is 1.42. The van der Waals surface area contributed by atoms with Crippen LogP contribution in [0, 0.1) is 5.82 Å². The molecule has 4 nitrogen and oxygen atoms in total. The van der Waals surface area contributed by atoms with Crippen LogP contribution in [-0.2, 0) is 0 Å². The Morgan fingerprint density at radius 3 is 2.79 bits per heavy atom. The van der Waals surface area contributed by atoms with Crippen molar-refractivity contribution in [3.63, 3.8) is 0 Å². The average Bonchev–Trinajstić information content (AvgIpc) is 2.14. The molecule has 0 bridgehead atoms. The molecular formula is C7H7ClFN3OS. The molecule has 0 aliphatic heterocycles. The van der Waals surface area contributed by atoms with Gasteiger partial charge in [-0.2, -0.15) is 0 Å². The molecule has 76 valence electrons. The smallest absolute Gasteiger partial charge is 0.185 e. The molecule has 0 spiro atoms. The van der Waals surface area contributed by atoms with Gasteiger partial charge in [0.05, 0.1) is 10.7 Å². The van der Waals surface area contributed by atoms with E-state index in [4.69, 9.17) is 22.6 Å². The van der Waals surface area contributed by atoms with Crippen molar-refractivity contribution in [1.29, 1.82) is 0 Å². The highest BCUT2D eigenvalue weighted by atomic mass is 35.5. The summed E-state index contributed by atoms with van der Waals surface area (Å²) in [5.41, 5.74) is 2.16. The molecular weight excluding hydrogens is 229 g/mol. The highest BCUT2D eigenvalue weighted by molar-refractivity contribution is 7.80. The molecule has 0 aliphatic carbocycles. The standard InChI is InChI=1S/C7H7ClFN3OS/c8-3-1-5(11-7(14)12-10)4(9)2-6(3)13/h1-2,13H,10H2,(H2,11,12,14). The maximum atomic E-state index is 13.1. The summed E-state index contributed by atoms with van der Waals surface area (Å²) in [6.45, 7) is 0. The minimum Gasteiger partial charge on any atom is -0.506 e. The Kier molecular flexibility index (Phi) is 3.45. The summed E-state index contributed by atoms with van der Waals surface area (Å²) in [5, 5.41) is 11.6. The second-order valence-corrected chi connectivity index (χ2v) is 3.20. The Morgan fingerprint density at radius 1 is 1.57 bits per heavy atom. The van der Waals surface area contributed by atoms with Crippen LogP contribution in [0.2, 0.25) is 5.02 Å². The van der Waals surface area contributed by atoms with Crippen LogP contribution in [0.1, 0.15) is 0 Å². The van der Waals surface area contributed by atoms with Crippen molar-refractivity contribution in [3.8, 4) is 5.75 Å². The van der Waals surface area contributed by atoms with Gasteiger partial charge in [-0.15, -0.1) is 0 Å². The number of hydrazine groups is 1. The first-order valence-corrected chi connectivity index (χ1v) is 4.29. The number of rotatable bonds is 1. The van der Waals surface area contributed by atoms with Crippen molar-refractivity contribution in [2.45, 2.75) is 0 Å². The first kappa shape index (κ1) is 11.0. The number of anilines is 1. The predicted molar refractivity (Wildman–Crippen MR) is 56.6 cm³/mol. The van der Waals surface area contributed by atoms with Gasteiger partial charge in [-0.3, -0.25) is 0 Å². The van der Waals surface area contributed by atoms with Crippen molar-refractivity contribution in [2.24, 2.45) is 5.84 Å². The number of halogens is 2. The molecule has 0 aliphatic rings. The quantitative estimate of drug-likeness (QED) is 0.256. The number of hydrogen-bond donors (Lipinski definition) is 4. The van der Waals surface area contributed by atoms with E-state index in [1.165, 1.54) is 6.07 Å². The Bertz CT molecular complexity index is 374. The first-order chi connectivity index (χ1) is 6.54. The van der Waals surface area contributed by atoms with E-state index in [2.05, 4.69) is 23.0 Å². The lowest BCUT2D eigenvalue weighted by Gasteiger charge is -2.08. The normalized spacial score (nSPS) is 9.64. The summed E-state index contributed by atoms with van der Waals surface area (Å²) >= 11 is 10.2. The summed E-state index contributed by atoms with van der Waals surface area (Å²) in [4.78, 5) is 0. The first-order valence-electron chi connectivity index (χ1n) is 3.50. The van der Waals surface area contributed by atoms with Crippen LogP contribution < -0.4 is 16.6 Å². The van der Waals surface area contributed by atoms with Gasteiger partial charge in [-0.1, -0.05) is 11.6 Å². The van der Waals surface area contributed by atoms with Gasteiger partial charge in [0.25, 0.3) is 0 Å². The fourth-order valence-electron chi connectivity index (χ4n) is 0.791. The lowest BCUT2D eigenvalue weighted by Crippen LogP contribution is -2.34. The highest BCUT2D eigenvalue weighted by Gasteiger charge is 2.08. The van der Waals surface area contributed by atoms with E-state index in [0.717, 1.165) is 6.07 Å². The van der Waals surface area contributed by atoms with Gasteiger partial charge in [0, 0.05) is 6.07 Å².